The third kappa shape index (κ3) is 4.46. The largest absolute Gasteiger partial charge is 0.418 e. The number of nitrogens with one attached hydrogen (secondary N) is 1. The molecule has 0 aromatic heterocycles. The molecule has 1 aromatic rings. The number of anilines is 1. The second-order valence-electron chi connectivity index (χ2n) is 4.25. The Hall–Kier alpha value is -1.72. The number of halogens is 3. The minimum Gasteiger partial charge on any atom is -0.328 e. The van der Waals surface area contributed by atoms with Crippen LogP contribution in [0.4, 0.5) is 23.7 Å². The molecule has 0 spiro atoms. The molecule has 6 heteroatoms. The fourth-order valence-electron chi connectivity index (χ4n) is 1.55. The number of para-hydroxylation sites is 1. The minimum atomic E-state index is -4.48. The summed E-state index contributed by atoms with van der Waals surface area (Å²) in [6, 6.07) is 4.40. The van der Waals surface area contributed by atoms with Crippen LogP contribution in [0.3, 0.4) is 0 Å². The van der Waals surface area contributed by atoms with E-state index < -0.39 is 17.8 Å². The van der Waals surface area contributed by atoms with Crippen LogP contribution >= 0.6 is 0 Å². The summed E-state index contributed by atoms with van der Waals surface area (Å²) in [7, 11) is 1.56. The van der Waals surface area contributed by atoms with E-state index in [0.29, 0.717) is 6.54 Å². The van der Waals surface area contributed by atoms with E-state index in [0.717, 1.165) is 18.9 Å². The third-order valence-electron chi connectivity index (χ3n) is 2.67. The van der Waals surface area contributed by atoms with E-state index in [1.807, 2.05) is 6.92 Å². The molecule has 0 aliphatic carbocycles. The zero-order valence-electron chi connectivity index (χ0n) is 10.9. The maximum absolute atomic E-state index is 12.7. The Labute approximate surface area is 110 Å². The highest BCUT2D eigenvalue weighted by atomic mass is 19.4. The number of carbonyl (C=O) groups is 1. The summed E-state index contributed by atoms with van der Waals surface area (Å²) in [5.74, 6) is 0. The Balaban J connectivity index is 2.80. The molecule has 0 saturated carbocycles. The number of amides is 2. The van der Waals surface area contributed by atoms with E-state index in [-0.39, 0.29) is 5.69 Å². The second-order valence-corrected chi connectivity index (χ2v) is 4.25. The van der Waals surface area contributed by atoms with Gasteiger partial charge < -0.3 is 10.2 Å². The Bertz CT molecular complexity index is 432. The Morgan fingerprint density at radius 2 is 1.95 bits per heavy atom. The maximum atomic E-state index is 12.7. The number of hydrogen-bond donors (Lipinski definition) is 1. The summed E-state index contributed by atoms with van der Waals surface area (Å²) in [4.78, 5) is 13.1. The van der Waals surface area contributed by atoms with Crippen molar-refractivity contribution in [3.63, 3.8) is 0 Å². The molecule has 0 saturated heterocycles. The van der Waals surface area contributed by atoms with Gasteiger partial charge in [0.25, 0.3) is 0 Å². The van der Waals surface area contributed by atoms with E-state index in [4.69, 9.17) is 0 Å². The lowest BCUT2D eigenvalue weighted by atomic mass is 10.1. The number of nitrogens with zero attached hydrogens (tertiary/aromatic N) is 1. The summed E-state index contributed by atoms with van der Waals surface area (Å²) in [5.41, 5.74) is -1.06. The molecule has 1 aromatic carbocycles. The molecule has 0 fully saturated rings. The SMILES string of the molecule is CCCCN(C)C(=O)Nc1ccccc1C(F)(F)F. The first-order valence-electron chi connectivity index (χ1n) is 6.04. The van der Waals surface area contributed by atoms with Gasteiger partial charge in [-0.1, -0.05) is 25.5 Å². The van der Waals surface area contributed by atoms with E-state index >= 15 is 0 Å². The van der Waals surface area contributed by atoms with E-state index in [1.165, 1.54) is 23.1 Å². The molecule has 0 unspecified atom stereocenters. The number of rotatable bonds is 4. The van der Waals surface area contributed by atoms with Gasteiger partial charge >= 0.3 is 12.2 Å². The zero-order valence-corrected chi connectivity index (χ0v) is 10.9. The van der Waals surface area contributed by atoms with Crippen LogP contribution in [-0.2, 0) is 6.18 Å². The summed E-state index contributed by atoms with van der Waals surface area (Å²) >= 11 is 0. The molecule has 0 aliphatic heterocycles. The van der Waals surface area contributed by atoms with Crippen LogP contribution in [-0.4, -0.2) is 24.5 Å². The quantitative estimate of drug-likeness (QED) is 0.885. The molecule has 0 bridgehead atoms. The van der Waals surface area contributed by atoms with Crippen LogP contribution in [0.5, 0.6) is 0 Å². The molecule has 19 heavy (non-hydrogen) atoms. The first kappa shape index (κ1) is 15.3. The van der Waals surface area contributed by atoms with Crippen LogP contribution < -0.4 is 5.32 Å². The smallest absolute Gasteiger partial charge is 0.328 e. The van der Waals surface area contributed by atoms with Crippen molar-refractivity contribution in [1.29, 1.82) is 0 Å². The van der Waals surface area contributed by atoms with Crippen LogP contribution in [0.1, 0.15) is 25.3 Å². The number of benzene rings is 1. The molecule has 0 heterocycles. The minimum absolute atomic E-state index is 0.219. The van der Waals surface area contributed by atoms with E-state index in [2.05, 4.69) is 5.32 Å². The highest BCUT2D eigenvalue weighted by Crippen LogP contribution is 2.34. The fraction of sp³-hybridized carbons (Fsp3) is 0.462. The van der Waals surface area contributed by atoms with E-state index in [1.54, 1.807) is 7.05 Å². The molecule has 0 atom stereocenters. The molecular formula is C13H17F3N2O. The summed E-state index contributed by atoms with van der Waals surface area (Å²) < 4.78 is 38.2. The van der Waals surface area contributed by atoms with Gasteiger partial charge in [0.15, 0.2) is 0 Å². The lowest BCUT2D eigenvalue weighted by Crippen LogP contribution is -2.32. The van der Waals surface area contributed by atoms with Gasteiger partial charge in [0.2, 0.25) is 0 Å². The van der Waals surface area contributed by atoms with Crippen molar-refractivity contribution < 1.29 is 18.0 Å². The first-order chi connectivity index (χ1) is 8.86. The van der Waals surface area contributed by atoms with Crippen molar-refractivity contribution in [3.8, 4) is 0 Å². The molecular weight excluding hydrogens is 257 g/mol. The number of unbranched alkanes of at least 4 members (excludes halogenated alkanes) is 1. The van der Waals surface area contributed by atoms with Crippen molar-refractivity contribution in [2.45, 2.75) is 25.9 Å². The predicted molar refractivity (Wildman–Crippen MR) is 68.0 cm³/mol. The average Bonchev–Trinajstić information content (AvgIpc) is 2.35. The van der Waals surface area contributed by atoms with Gasteiger partial charge in [-0.25, -0.2) is 4.79 Å². The Kier molecular flexibility index (Phi) is 5.20. The lowest BCUT2D eigenvalue weighted by Gasteiger charge is -2.19. The molecule has 0 aliphatic rings. The van der Waals surface area contributed by atoms with Crippen molar-refractivity contribution in [2.24, 2.45) is 0 Å². The maximum Gasteiger partial charge on any atom is 0.418 e. The second kappa shape index (κ2) is 6.45. The average molecular weight is 274 g/mol. The zero-order chi connectivity index (χ0) is 14.5. The first-order valence-corrected chi connectivity index (χ1v) is 6.04. The molecule has 1 N–H and O–H groups in total. The molecule has 106 valence electrons. The van der Waals surface area contributed by atoms with Crippen molar-refractivity contribution in [2.75, 3.05) is 18.9 Å². The number of carbonyl (C=O) groups excluding carboxylic acids is 1. The highest BCUT2D eigenvalue weighted by Gasteiger charge is 2.33. The van der Waals surface area contributed by atoms with Crippen LogP contribution in [0.25, 0.3) is 0 Å². The Morgan fingerprint density at radius 1 is 1.32 bits per heavy atom. The van der Waals surface area contributed by atoms with Gasteiger partial charge in [0, 0.05) is 13.6 Å². The highest BCUT2D eigenvalue weighted by molar-refractivity contribution is 5.90. The van der Waals surface area contributed by atoms with Gasteiger partial charge in [0.05, 0.1) is 11.3 Å². The van der Waals surface area contributed by atoms with E-state index in [9.17, 15) is 18.0 Å². The molecule has 2 amide bonds. The van der Waals surface area contributed by atoms with Crippen LogP contribution in [0.2, 0.25) is 0 Å². The lowest BCUT2D eigenvalue weighted by molar-refractivity contribution is -0.136. The molecule has 1 rings (SSSR count). The monoisotopic (exact) mass is 274 g/mol. The van der Waals surface area contributed by atoms with Crippen LogP contribution in [0.15, 0.2) is 24.3 Å². The summed E-state index contributed by atoms with van der Waals surface area (Å²) in [6.45, 7) is 2.49. The predicted octanol–water partition coefficient (Wildman–Crippen LogP) is 3.97. The number of hydrogen-bond acceptors (Lipinski definition) is 1. The topological polar surface area (TPSA) is 32.3 Å². The van der Waals surface area contributed by atoms with Gasteiger partial charge in [0.1, 0.15) is 0 Å². The third-order valence-corrected chi connectivity index (χ3v) is 2.67. The Morgan fingerprint density at radius 3 is 2.53 bits per heavy atom. The van der Waals surface area contributed by atoms with Crippen molar-refractivity contribution >= 4 is 11.7 Å². The number of urea groups is 1. The normalized spacial score (nSPS) is 11.2. The standard InChI is InChI=1S/C13H17F3N2O/c1-3-4-9-18(2)12(19)17-11-8-6-5-7-10(11)13(14,15)16/h5-8H,3-4,9H2,1-2H3,(H,17,19). The number of alkyl halides is 3. The molecule has 0 radical (unpaired) electrons. The van der Waals surface area contributed by atoms with Gasteiger partial charge in [-0.15, -0.1) is 0 Å². The molecule has 3 nitrogen and oxygen atoms in total. The van der Waals surface area contributed by atoms with Crippen molar-refractivity contribution in [3.05, 3.63) is 29.8 Å². The van der Waals surface area contributed by atoms with Gasteiger partial charge in [-0.2, -0.15) is 13.2 Å². The van der Waals surface area contributed by atoms with Gasteiger partial charge in [-0.05, 0) is 18.6 Å². The van der Waals surface area contributed by atoms with Gasteiger partial charge in [-0.3, -0.25) is 0 Å². The van der Waals surface area contributed by atoms with Crippen molar-refractivity contribution in [1.82, 2.24) is 4.90 Å². The fourth-order valence-corrected chi connectivity index (χ4v) is 1.55. The summed E-state index contributed by atoms with van der Waals surface area (Å²) in [6.07, 6.45) is -2.76. The summed E-state index contributed by atoms with van der Waals surface area (Å²) in [5, 5.41) is 2.29. The van der Waals surface area contributed by atoms with Crippen LogP contribution in [0, 0.1) is 0 Å².